The quantitative estimate of drug-likeness (QED) is 0.496. The second-order valence-electron chi connectivity index (χ2n) is 2.85. The predicted molar refractivity (Wildman–Crippen MR) is 35.9 cm³/mol. The van der Waals surface area contributed by atoms with Crippen molar-refractivity contribution in [3.63, 3.8) is 0 Å². The average molecular weight is 113 g/mol. The number of likely N-dealkylation sites (tertiary alicyclic amines) is 1. The molecule has 48 valence electrons. The molecular weight excluding hydrogens is 98.1 g/mol. The van der Waals surface area contributed by atoms with Crippen LogP contribution in [-0.2, 0) is 0 Å². The lowest BCUT2D eigenvalue weighted by molar-refractivity contribution is 0.0528. The van der Waals surface area contributed by atoms with Crippen LogP contribution in [0, 0.1) is 5.92 Å². The second kappa shape index (κ2) is 2.06. The van der Waals surface area contributed by atoms with Crippen molar-refractivity contribution in [2.24, 2.45) is 5.92 Å². The molecule has 1 fully saturated rings. The SMILES string of the molecule is CCC1CN(C)C1C. The second-order valence-corrected chi connectivity index (χ2v) is 2.85. The van der Waals surface area contributed by atoms with E-state index in [1.165, 1.54) is 13.0 Å². The fourth-order valence-electron chi connectivity index (χ4n) is 1.38. The molecule has 0 aliphatic carbocycles. The van der Waals surface area contributed by atoms with E-state index in [0.29, 0.717) is 0 Å². The summed E-state index contributed by atoms with van der Waals surface area (Å²) in [6, 6.07) is 0.847. The van der Waals surface area contributed by atoms with Crippen LogP contribution in [0.5, 0.6) is 0 Å². The van der Waals surface area contributed by atoms with Crippen molar-refractivity contribution < 1.29 is 0 Å². The number of hydrogen-bond acceptors (Lipinski definition) is 1. The third-order valence-corrected chi connectivity index (χ3v) is 2.42. The van der Waals surface area contributed by atoms with Crippen molar-refractivity contribution in [3.8, 4) is 0 Å². The lowest BCUT2D eigenvalue weighted by atomic mass is 9.89. The van der Waals surface area contributed by atoms with Crippen molar-refractivity contribution in [3.05, 3.63) is 0 Å². The predicted octanol–water partition coefficient (Wildman–Crippen LogP) is 1.35. The summed E-state index contributed by atoms with van der Waals surface area (Å²) in [4.78, 5) is 2.40. The summed E-state index contributed by atoms with van der Waals surface area (Å²) >= 11 is 0. The van der Waals surface area contributed by atoms with E-state index in [9.17, 15) is 0 Å². The monoisotopic (exact) mass is 113 g/mol. The van der Waals surface area contributed by atoms with Crippen LogP contribution in [-0.4, -0.2) is 24.5 Å². The molecular formula is C7H15N. The van der Waals surface area contributed by atoms with Gasteiger partial charge in [-0.05, 0) is 19.9 Å². The van der Waals surface area contributed by atoms with Gasteiger partial charge in [-0.25, -0.2) is 0 Å². The molecule has 0 saturated carbocycles. The highest BCUT2D eigenvalue weighted by molar-refractivity contribution is 4.84. The third-order valence-electron chi connectivity index (χ3n) is 2.42. The summed E-state index contributed by atoms with van der Waals surface area (Å²) in [5.74, 6) is 0.986. The molecule has 1 saturated heterocycles. The molecule has 1 heteroatoms. The van der Waals surface area contributed by atoms with Crippen LogP contribution < -0.4 is 0 Å². The molecule has 0 N–H and O–H groups in total. The molecule has 1 aliphatic rings. The van der Waals surface area contributed by atoms with Gasteiger partial charge in [0.1, 0.15) is 0 Å². The van der Waals surface area contributed by atoms with Crippen molar-refractivity contribution in [2.45, 2.75) is 26.3 Å². The van der Waals surface area contributed by atoms with Crippen LogP contribution in [0.15, 0.2) is 0 Å². The molecule has 1 nitrogen and oxygen atoms in total. The van der Waals surface area contributed by atoms with E-state index in [1.54, 1.807) is 0 Å². The first-order valence-corrected chi connectivity index (χ1v) is 3.46. The van der Waals surface area contributed by atoms with Crippen LogP contribution >= 0.6 is 0 Å². The first-order chi connectivity index (χ1) is 3.75. The molecule has 1 heterocycles. The van der Waals surface area contributed by atoms with Gasteiger partial charge in [0.05, 0.1) is 0 Å². The Hall–Kier alpha value is -0.0400. The van der Waals surface area contributed by atoms with Crippen LogP contribution in [0.1, 0.15) is 20.3 Å². The number of nitrogens with zero attached hydrogens (tertiary/aromatic N) is 1. The summed E-state index contributed by atoms with van der Waals surface area (Å²) in [6.07, 6.45) is 1.35. The van der Waals surface area contributed by atoms with Crippen LogP contribution in [0.2, 0.25) is 0 Å². The summed E-state index contributed by atoms with van der Waals surface area (Å²) in [7, 11) is 2.19. The summed E-state index contributed by atoms with van der Waals surface area (Å²) in [6.45, 7) is 5.89. The minimum Gasteiger partial charge on any atom is -0.303 e. The van der Waals surface area contributed by atoms with Crippen LogP contribution in [0.4, 0.5) is 0 Å². The maximum Gasteiger partial charge on any atom is 0.0104 e. The Morgan fingerprint density at radius 1 is 1.62 bits per heavy atom. The van der Waals surface area contributed by atoms with Gasteiger partial charge < -0.3 is 4.90 Å². The van der Waals surface area contributed by atoms with E-state index in [1.807, 2.05) is 0 Å². The van der Waals surface area contributed by atoms with Gasteiger partial charge in [0, 0.05) is 12.6 Å². The highest BCUT2D eigenvalue weighted by Gasteiger charge is 2.29. The summed E-state index contributed by atoms with van der Waals surface area (Å²) < 4.78 is 0. The van der Waals surface area contributed by atoms with Gasteiger partial charge in [-0.15, -0.1) is 0 Å². The topological polar surface area (TPSA) is 3.24 Å². The van der Waals surface area contributed by atoms with E-state index in [4.69, 9.17) is 0 Å². The van der Waals surface area contributed by atoms with E-state index < -0.39 is 0 Å². The van der Waals surface area contributed by atoms with E-state index in [2.05, 4.69) is 25.8 Å². The lowest BCUT2D eigenvalue weighted by Gasteiger charge is -2.43. The summed E-state index contributed by atoms with van der Waals surface area (Å²) in [5, 5.41) is 0. The largest absolute Gasteiger partial charge is 0.303 e. The lowest BCUT2D eigenvalue weighted by Crippen LogP contribution is -2.51. The zero-order valence-electron chi connectivity index (χ0n) is 6.02. The summed E-state index contributed by atoms with van der Waals surface area (Å²) in [5.41, 5.74) is 0. The Morgan fingerprint density at radius 3 is 2.38 bits per heavy atom. The third kappa shape index (κ3) is 0.752. The van der Waals surface area contributed by atoms with E-state index >= 15 is 0 Å². The minimum atomic E-state index is 0.847. The van der Waals surface area contributed by atoms with Crippen molar-refractivity contribution >= 4 is 0 Å². The first-order valence-electron chi connectivity index (χ1n) is 3.46. The maximum absolute atomic E-state index is 2.40. The fraction of sp³-hybridized carbons (Fsp3) is 1.00. The smallest absolute Gasteiger partial charge is 0.0104 e. The molecule has 2 unspecified atom stereocenters. The highest BCUT2D eigenvalue weighted by atomic mass is 15.2. The molecule has 0 radical (unpaired) electrons. The van der Waals surface area contributed by atoms with Crippen molar-refractivity contribution in [1.82, 2.24) is 4.90 Å². The maximum atomic E-state index is 2.40. The molecule has 0 aromatic rings. The number of hydrogen-bond donors (Lipinski definition) is 0. The Labute approximate surface area is 51.7 Å². The van der Waals surface area contributed by atoms with Gasteiger partial charge in [-0.3, -0.25) is 0 Å². The first kappa shape index (κ1) is 6.09. The molecule has 8 heavy (non-hydrogen) atoms. The highest BCUT2D eigenvalue weighted by Crippen LogP contribution is 2.24. The molecule has 0 aromatic heterocycles. The van der Waals surface area contributed by atoms with Gasteiger partial charge in [-0.1, -0.05) is 13.3 Å². The zero-order valence-corrected chi connectivity index (χ0v) is 6.02. The van der Waals surface area contributed by atoms with Crippen LogP contribution in [0.25, 0.3) is 0 Å². The Morgan fingerprint density at radius 2 is 2.25 bits per heavy atom. The van der Waals surface area contributed by atoms with E-state index in [0.717, 1.165) is 12.0 Å². The molecule has 0 amide bonds. The van der Waals surface area contributed by atoms with Crippen molar-refractivity contribution in [2.75, 3.05) is 13.6 Å². The van der Waals surface area contributed by atoms with Gasteiger partial charge in [-0.2, -0.15) is 0 Å². The Bertz CT molecular complexity index is 80.5. The Balaban J connectivity index is 2.25. The normalized spacial score (nSPS) is 39.4. The van der Waals surface area contributed by atoms with Crippen molar-refractivity contribution in [1.29, 1.82) is 0 Å². The molecule has 1 rings (SSSR count). The minimum absolute atomic E-state index is 0.847. The fourth-order valence-corrected chi connectivity index (χ4v) is 1.38. The zero-order chi connectivity index (χ0) is 6.15. The van der Waals surface area contributed by atoms with Gasteiger partial charge in [0.25, 0.3) is 0 Å². The molecule has 2 atom stereocenters. The van der Waals surface area contributed by atoms with E-state index in [-0.39, 0.29) is 0 Å². The molecule has 0 spiro atoms. The average Bonchev–Trinajstić information content (AvgIpc) is 1.81. The van der Waals surface area contributed by atoms with Gasteiger partial charge in [0.2, 0.25) is 0 Å². The molecule has 0 bridgehead atoms. The molecule has 0 aromatic carbocycles. The standard InChI is InChI=1S/C7H15N/c1-4-7-5-8(3)6(7)2/h6-7H,4-5H2,1-3H3. The van der Waals surface area contributed by atoms with Gasteiger partial charge in [0.15, 0.2) is 0 Å². The number of rotatable bonds is 1. The molecule has 1 aliphatic heterocycles. The Kier molecular flexibility index (Phi) is 1.57. The van der Waals surface area contributed by atoms with Gasteiger partial charge >= 0.3 is 0 Å². The van der Waals surface area contributed by atoms with Crippen LogP contribution in [0.3, 0.4) is 0 Å².